The molecule has 1 aliphatic rings. The normalized spacial score (nSPS) is 13.9. The molecule has 2 aromatic carbocycles. The zero-order valence-corrected chi connectivity index (χ0v) is 16.0. The molecule has 0 bridgehead atoms. The van der Waals surface area contributed by atoms with E-state index in [1.165, 1.54) is 12.4 Å². The summed E-state index contributed by atoms with van der Waals surface area (Å²) in [5, 5.41) is 3.24. The topological polar surface area (TPSA) is 63.8 Å². The Labute approximate surface area is 166 Å². The number of nitrogen functional groups attached to an aromatic ring is 1. The standard InChI is InChI=1S/C21H20F2N4S/c22-20-17(18-11-26-19(24)12-25-18)8-7-16(14-4-2-5-14)21(20)27-10-13-3-1-6-15(9-13)28-23/h1,3,6-9,11-12,14,27H,2,4-5,10H2,(H2,24,26). The van der Waals surface area contributed by atoms with Gasteiger partial charge in [-0.25, -0.2) is 9.37 Å². The van der Waals surface area contributed by atoms with E-state index in [0.717, 1.165) is 30.4 Å². The van der Waals surface area contributed by atoms with Crippen LogP contribution in [-0.4, -0.2) is 9.97 Å². The Morgan fingerprint density at radius 3 is 2.68 bits per heavy atom. The zero-order chi connectivity index (χ0) is 19.5. The van der Waals surface area contributed by atoms with Crippen LogP contribution in [0.15, 0.2) is 53.7 Å². The lowest BCUT2D eigenvalue weighted by Gasteiger charge is -2.29. The van der Waals surface area contributed by atoms with Gasteiger partial charge in [0.15, 0.2) is 5.82 Å². The molecule has 4 rings (SSSR count). The Kier molecular flexibility index (Phi) is 5.43. The van der Waals surface area contributed by atoms with Crippen LogP contribution in [0.5, 0.6) is 0 Å². The summed E-state index contributed by atoms with van der Waals surface area (Å²) in [5.74, 6) is 0.301. The van der Waals surface area contributed by atoms with Crippen LogP contribution in [-0.2, 0) is 6.54 Å². The van der Waals surface area contributed by atoms with Gasteiger partial charge in [-0.1, -0.05) is 24.6 Å². The highest BCUT2D eigenvalue weighted by Gasteiger charge is 2.25. The first-order valence-corrected chi connectivity index (χ1v) is 9.89. The van der Waals surface area contributed by atoms with E-state index in [9.17, 15) is 3.89 Å². The Hall–Kier alpha value is -2.67. The van der Waals surface area contributed by atoms with E-state index < -0.39 is 0 Å². The summed E-state index contributed by atoms with van der Waals surface area (Å²) < 4.78 is 28.3. The van der Waals surface area contributed by atoms with Gasteiger partial charge < -0.3 is 11.1 Å². The minimum atomic E-state index is -0.348. The minimum Gasteiger partial charge on any atom is -0.382 e. The van der Waals surface area contributed by atoms with E-state index >= 15 is 4.39 Å². The lowest BCUT2D eigenvalue weighted by Crippen LogP contribution is -2.14. The smallest absolute Gasteiger partial charge is 0.156 e. The summed E-state index contributed by atoms with van der Waals surface area (Å²) >= 11 is 0.202. The van der Waals surface area contributed by atoms with Gasteiger partial charge in [-0.05, 0) is 48.1 Å². The number of anilines is 2. The Morgan fingerprint density at radius 1 is 1.14 bits per heavy atom. The third kappa shape index (κ3) is 3.80. The first-order chi connectivity index (χ1) is 13.7. The van der Waals surface area contributed by atoms with Crippen molar-refractivity contribution in [3.63, 3.8) is 0 Å². The fourth-order valence-corrected chi connectivity index (χ4v) is 3.72. The predicted octanol–water partition coefficient (Wildman–Crippen LogP) is 5.72. The quantitative estimate of drug-likeness (QED) is 0.556. The second kappa shape index (κ2) is 8.14. The summed E-state index contributed by atoms with van der Waals surface area (Å²) in [4.78, 5) is 8.75. The number of aromatic nitrogens is 2. The highest BCUT2D eigenvalue weighted by Crippen LogP contribution is 2.42. The second-order valence-electron chi connectivity index (χ2n) is 6.92. The monoisotopic (exact) mass is 398 g/mol. The molecule has 0 unspecified atom stereocenters. The molecule has 0 amide bonds. The maximum atomic E-state index is 15.5. The molecule has 3 aromatic rings. The number of hydrogen-bond donors (Lipinski definition) is 2. The fourth-order valence-electron chi connectivity index (χ4n) is 3.40. The van der Waals surface area contributed by atoms with Gasteiger partial charge in [-0.3, -0.25) is 4.98 Å². The molecule has 0 radical (unpaired) electrons. The summed E-state index contributed by atoms with van der Waals surface area (Å²) in [6.45, 7) is 0.405. The van der Waals surface area contributed by atoms with Crippen molar-refractivity contribution < 1.29 is 8.28 Å². The van der Waals surface area contributed by atoms with Crippen molar-refractivity contribution in [1.29, 1.82) is 0 Å². The molecular weight excluding hydrogens is 378 g/mol. The van der Waals surface area contributed by atoms with Crippen LogP contribution in [0.1, 0.15) is 36.3 Å². The largest absolute Gasteiger partial charge is 0.382 e. The van der Waals surface area contributed by atoms with Crippen LogP contribution >= 0.6 is 12.1 Å². The number of hydrogen-bond acceptors (Lipinski definition) is 5. The van der Waals surface area contributed by atoms with Gasteiger partial charge in [0, 0.05) is 17.0 Å². The van der Waals surface area contributed by atoms with Gasteiger partial charge in [0.05, 0.1) is 35.9 Å². The maximum absolute atomic E-state index is 15.5. The van der Waals surface area contributed by atoms with Crippen LogP contribution in [0.3, 0.4) is 0 Å². The molecule has 0 atom stereocenters. The Bertz CT molecular complexity index is 975. The van der Waals surface area contributed by atoms with E-state index in [1.54, 1.807) is 24.3 Å². The third-order valence-corrected chi connectivity index (χ3v) is 5.56. The Balaban J connectivity index is 1.68. The molecule has 1 heterocycles. The number of rotatable bonds is 6. The van der Waals surface area contributed by atoms with Crippen LogP contribution in [0.2, 0.25) is 0 Å². The van der Waals surface area contributed by atoms with Crippen LogP contribution in [0.25, 0.3) is 11.3 Å². The molecule has 0 aliphatic heterocycles. The van der Waals surface area contributed by atoms with E-state index in [-0.39, 0.29) is 18.0 Å². The number of benzene rings is 2. The molecular formula is C21H20F2N4S. The number of nitrogens with two attached hydrogens (primary N) is 1. The second-order valence-corrected chi connectivity index (χ2v) is 7.55. The van der Waals surface area contributed by atoms with Gasteiger partial charge >= 0.3 is 0 Å². The van der Waals surface area contributed by atoms with Gasteiger partial charge in [0.25, 0.3) is 0 Å². The average molecular weight is 398 g/mol. The Morgan fingerprint density at radius 2 is 2.00 bits per heavy atom. The fraction of sp³-hybridized carbons (Fsp3) is 0.238. The van der Waals surface area contributed by atoms with E-state index in [1.807, 2.05) is 12.1 Å². The van der Waals surface area contributed by atoms with Crippen molar-refractivity contribution in [1.82, 2.24) is 9.97 Å². The highest BCUT2D eigenvalue weighted by atomic mass is 32.2. The van der Waals surface area contributed by atoms with Crippen LogP contribution in [0, 0.1) is 5.82 Å². The summed E-state index contributed by atoms with van der Waals surface area (Å²) in [7, 11) is 0. The number of nitrogens with one attached hydrogen (secondary N) is 1. The SMILES string of the molecule is Nc1cnc(-c2ccc(C3CCC3)c(NCc3cccc(SF)c3)c2F)cn1. The molecule has 0 saturated heterocycles. The third-order valence-electron chi connectivity index (χ3n) is 5.12. The van der Waals surface area contributed by atoms with Crippen molar-refractivity contribution in [2.45, 2.75) is 36.6 Å². The summed E-state index contributed by atoms with van der Waals surface area (Å²) in [6.07, 6.45) is 6.17. The minimum absolute atomic E-state index is 0.202. The predicted molar refractivity (Wildman–Crippen MR) is 109 cm³/mol. The first kappa shape index (κ1) is 18.7. The van der Waals surface area contributed by atoms with Crippen molar-refractivity contribution in [3.8, 4) is 11.3 Å². The molecule has 1 saturated carbocycles. The number of nitrogens with zero attached hydrogens (tertiary/aromatic N) is 2. The zero-order valence-electron chi connectivity index (χ0n) is 15.2. The highest BCUT2D eigenvalue weighted by molar-refractivity contribution is 7.94. The van der Waals surface area contributed by atoms with Crippen LogP contribution < -0.4 is 11.1 Å². The molecule has 144 valence electrons. The van der Waals surface area contributed by atoms with Crippen molar-refractivity contribution >= 4 is 23.7 Å². The number of halogens is 2. The van der Waals surface area contributed by atoms with Crippen molar-refractivity contribution in [3.05, 3.63) is 65.7 Å². The van der Waals surface area contributed by atoms with Gasteiger partial charge in [0.2, 0.25) is 0 Å². The summed E-state index contributed by atoms with van der Waals surface area (Å²) in [6, 6.07) is 10.9. The van der Waals surface area contributed by atoms with E-state index in [0.29, 0.717) is 40.1 Å². The lowest BCUT2D eigenvalue weighted by atomic mass is 9.79. The molecule has 28 heavy (non-hydrogen) atoms. The van der Waals surface area contributed by atoms with E-state index in [4.69, 9.17) is 5.73 Å². The molecule has 1 aliphatic carbocycles. The average Bonchev–Trinajstić information content (AvgIpc) is 2.67. The van der Waals surface area contributed by atoms with E-state index in [2.05, 4.69) is 15.3 Å². The van der Waals surface area contributed by atoms with Gasteiger partial charge in [-0.2, -0.15) is 3.89 Å². The molecule has 0 spiro atoms. The van der Waals surface area contributed by atoms with Crippen molar-refractivity contribution in [2.24, 2.45) is 0 Å². The van der Waals surface area contributed by atoms with Crippen molar-refractivity contribution in [2.75, 3.05) is 11.1 Å². The van der Waals surface area contributed by atoms with Gasteiger partial charge in [0.1, 0.15) is 5.82 Å². The first-order valence-electron chi connectivity index (χ1n) is 9.17. The maximum Gasteiger partial charge on any atom is 0.156 e. The lowest BCUT2D eigenvalue weighted by molar-refractivity contribution is 0.419. The summed E-state index contributed by atoms with van der Waals surface area (Å²) in [5.41, 5.74) is 8.76. The van der Waals surface area contributed by atoms with Crippen LogP contribution in [0.4, 0.5) is 19.8 Å². The molecule has 1 fully saturated rings. The van der Waals surface area contributed by atoms with Gasteiger partial charge in [-0.15, -0.1) is 0 Å². The molecule has 4 nitrogen and oxygen atoms in total. The molecule has 1 aromatic heterocycles. The molecule has 7 heteroatoms. The molecule has 3 N–H and O–H groups in total.